The van der Waals surface area contributed by atoms with E-state index in [-0.39, 0.29) is 0 Å². The molecule has 88 valence electrons. The zero-order valence-electron chi connectivity index (χ0n) is 9.24. The highest BCUT2D eigenvalue weighted by molar-refractivity contribution is 5.49. The van der Waals surface area contributed by atoms with Crippen LogP contribution in [0.25, 0.3) is 0 Å². The topological polar surface area (TPSA) is 63.9 Å². The first-order valence-corrected chi connectivity index (χ1v) is 5.47. The number of anilines is 1. The van der Waals surface area contributed by atoms with Crippen LogP contribution in [0.2, 0.25) is 0 Å². The summed E-state index contributed by atoms with van der Waals surface area (Å²) in [5.41, 5.74) is 1.82. The van der Waals surface area contributed by atoms with Crippen molar-refractivity contribution < 1.29 is 15.3 Å². The molecule has 1 fully saturated rings. The lowest BCUT2D eigenvalue weighted by atomic mass is 10.1. The van der Waals surface area contributed by atoms with Crippen LogP contribution in [-0.4, -0.2) is 40.6 Å². The van der Waals surface area contributed by atoms with E-state index in [0.29, 0.717) is 13.1 Å². The summed E-state index contributed by atoms with van der Waals surface area (Å²) < 4.78 is 0. The van der Waals surface area contributed by atoms with Crippen LogP contribution in [0.15, 0.2) is 24.3 Å². The molecular weight excluding hydrogens is 206 g/mol. The normalized spacial score (nSPS) is 27.1. The van der Waals surface area contributed by atoms with Crippen molar-refractivity contribution in [2.45, 2.75) is 25.2 Å². The van der Waals surface area contributed by atoms with Crippen molar-refractivity contribution in [3.05, 3.63) is 29.8 Å². The molecule has 1 aromatic rings. The summed E-state index contributed by atoms with van der Waals surface area (Å²) in [5, 5.41) is 28.3. The molecule has 0 spiro atoms. The van der Waals surface area contributed by atoms with Gasteiger partial charge in [0.1, 0.15) is 0 Å². The van der Waals surface area contributed by atoms with Crippen molar-refractivity contribution in [2.75, 3.05) is 18.0 Å². The van der Waals surface area contributed by atoms with Gasteiger partial charge in [-0.3, -0.25) is 0 Å². The van der Waals surface area contributed by atoms with E-state index in [2.05, 4.69) is 0 Å². The van der Waals surface area contributed by atoms with Crippen LogP contribution in [0.4, 0.5) is 5.69 Å². The highest BCUT2D eigenvalue weighted by atomic mass is 16.3. The average molecular weight is 223 g/mol. The summed E-state index contributed by atoms with van der Waals surface area (Å²) in [6.07, 6.45) is -1.81. The van der Waals surface area contributed by atoms with Gasteiger partial charge in [0, 0.05) is 18.8 Å². The summed E-state index contributed by atoms with van der Waals surface area (Å²) in [7, 11) is 0. The largest absolute Gasteiger partial charge is 0.389 e. The number of β-amino-alcohol motifs (C(OH)–C–C–N with tert-alkyl or cyclic N) is 2. The Morgan fingerprint density at radius 3 is 2.06 bits per heavy atom. The summed E-state index contributed by atoms with van der Waals surface area (Å²) in [6, 6.07) is 7.51. The number of aliphatic hydroxyl groups is 3. The third-order valence-corrected chi connectivity index (χ3v) is 3.00. The maximum atomic E-state index is 9.44. The number of hydrogen-bond donors (Lipinski definition) is 3. The van der Waals surface area contributed by atoms with Gasteiger partial charge in [-0.1, -0.05) is 12.1 Å². The van der Waals surface area contributed by atoms with E-state index in [4.69, 9.17) is 0 Å². The number of aliphatic hydroxyl groups excluding tert-OH is 3. The Morgan fingerprint density at radius 1 is 1.12 bits per heavy atom. The smallest absolute Gasteiger partial charge is 0.0990 e. The van der Waals surface area contributed by atoms with Gasteiger partial charge in [0.25, 0.3) is 0 Å². The Kier molecular flexibility index (Phi) is 3.14. The first-order valence-electron chi connectivity index (χ1n) is 5.47. The first-order chi connectivity index (χ1) is 7.58. The molecule has 0 amide bonds. The van der Waals surface area contributed by atoms with Gasteiger partial charge in [-0.25, -0.2) is 0 Å². The minimum Gasteiger partial charge on any atom is -0.389 e. The Balaban J connectivity index is 2.11. The minimum atomic E-state index is -0.670. The van der Waals surface area contributed by atoms with Gasteiger partial charge in [-0.05, 0) is 24.6 Å². The maximum Gasteiger partial charge on any atom is 0.0990 e. The van der Waals surface area contributed by atoms with Crippen LogP contribution in [0.1, 0.15) is 18.6 Å². The van der Waals surface area contributed by atoms with Gasteiger partial charge in [0.05, 0.1) is 18.3 Å². The second kappa shape index (κ2) is 4.41. The summed E-state index contributed by atoms with van der Waals surface area (Å²) >= 11 is 0. The molecule has 1 aliphatic rings. The van der Waals surface area contributed by atoms with Crippen LogP contribution in [0.5, 0.6) is 0 Å². The van der Waals surface area contributed by atoms with Crippen LogP contribution < -0.4 is 4.90 Å². The van der Waals surface area contributed by atoms with Crippen molar-refractivity contribution in [2.24, 2.45) is 0 Å². The fourth-order valence-electron chi connectivity index (χ4n) is 1.94. The van der Waals surface area contributed by atoms with E-state index in [1.165, 1.54) is 0 Å². The van der Waals surface area contributed by atoms with E-state index < -0.39 is 18.3 Å². The van der Waals surface area contributed by atoms with Crippen molar-refractivity contribution in [3.63, 3.8) is 0 Å². The summed E-state index contributed by atoms with van der Waals surface area (Å²) in [6.45, 7) is 2.63. The van der Waals surface area contributed by atoms with Crippen LogP contribution in [0.3, 0.4) is 0 Å². The molecule has 0 aliphatic carbocycles. The number of nitrogens with zero attached hydrogens (tertiary/aromatic N) is 1. The van der Waals surface area contributed by atoms with Gasteiger partial charge in [-0.15, -0.1) is 0 Å². The molecule has 3 N–H and O–H groups in total. The monoisotopic (exact) mass is 223 g/mol. The van der Waals surface area contributed by atoms with Crippen LogP contribution in [-0.2, 0) is 0 Å². The Morgan fingerprint density at radius 2 is 1.62 bits per heavy atom. The minimum absolute atomic E-state index is 0.454. The van der Waals surface area contributed by atoms with E-state index in [1.54, 1.807) is 6.92 Å². The van der Waals surface area contributed by atoms with E-state index in [9.17, 15) is 15.3 Å². The number of hydrogen-bond acceptors (Lipinski definition) is 4. The fraction of sp³-hybridized carbons (Fsp3) is 0.500. The Bertz CT molecular complexity index is 340. The van der Waals surface area contributed by atoms with Crippen LogP contribution in [0, 0.1) is 0 Å². The third-order valence-electron chi connectivity index (χ3n) is 3.00. The number of rotatable bonds is 2. The predicted octanol–water partition coefficient (Wildman–Crippen LogP) is 0.282. The molecule has 2 rings (SSSR count). The van der Waals surface area contributed by atoms with Gasteiger partial charge in [-0.2, -0.15) is 0 Å². The Labute approximate surface area is 94.8 Å². The van der Waals surface area contributed by atoms with Gasteiger partial charge in [0.2, 0.25) is 0 Å². The quantitative estimate of drug-likeness (QED) is 0.674. The van der Waals surface area contributed by atoms with Crippen molar-refractivity contribution >= 4 is 5.69 Å². The second-order valence-corrected chi connectivity index (χ2v) is 4.31. The summed E-state index contributed by atoms with van der Waals surface area (Å²) in [4.78, 5) is 1.93. The molecule has 4 heteroatoms. The molecule has 16 heavy (non-hydrogen) atoms. The molecule has 3 atom stereocenters. The van der Waals surface area contributed by atoms with Gasteiger partial charge < -0.3 is 20.2 Å². The molecule has 4 nitrogen and oxygen atoms in total. The highest BCUT2D eigenvalue weighted by Gasteiger charge is 2.29. The lowest BCUT2D eigenvalue weighted by molar-refractivity contribution is 0.0572. The zero-order chi connectivity index (χ0) is 11.7. The fourth-order valence-corrected chi connectivity index (χ4v) is 1.94. The molecule has 0 saturated carbocycles. The molecule has 0 radical (unpaired) electrons. The predicted molar refractivity (Wildman–Crippen MR) is 61.3 cm³/mol. The standard InChI is InChI=1S/C12H17NO3/c1-8(14)9-2-4-10(5-3-9)13-6-11(15)12(16)7-13/h2-5,8,11-12,14-16H,6-7H2,1H3/t8-,11?,12?/m0/s1. The van der Waals surface area contributed by atoms with Crippen molar-refractivity contribution in [3.8, 4) is 0 Å². The molecule has 1 heterocycles. The molecule has 0 aromatic heterocycles. The van der Waals surface area contributed by atoms with Crippen molar-refractivity contribution in [1.82, 2.24) is 0 Å². The van der Waals surface area contributed by atoms with Crippen molar-refractivity contribution in [1.29, 1.82) is 0 Å². The molecule has 1 aliphatic heterocycles. The van der Waals surface area contributed by atoms with E-state index >= 15 is 0 Å². The zero-order valence-corrected chi connectivity index (χ0v) is 9.24. The average Bonchev–Trinajstić information content (AvgIpc) is 2.59. The highest BCUT2D eigenvalue weighted by Crippen LogP contribution is 2.22. The SMILES string of the molecule is C[C@H](O)c1ccc(N2CC(O)C(O)C2)cc1. The summed E-state index contributed by atoms with van der Waals surface area (Å²) in [5.74, 6) is 0. The molecule has 2 unspecified atom stereocenters. The molecule has 0 bridgehead atoms. The van der Waals surface area contributed by atoms with E-state index in [0.717, 1.165) is 11.3 Å². The van der Waals surface area contributed by atoms with Gasteiger partial charge >= 0.3 is 0 Å². The first kappa shape index (κ1) is 11.4. The van der Waals surface area contributed by atoms with Crippen LogP contribution >= 0.6 is 0 Å². The molecule has 1 saturated heterocycles. The molecular formula is C12H17NO3. The maximum absolute atomic E-state index is 9.44. The van der Waals surface area contributed by atoms with Gasteiger partial charge in [0.15, 0.2) is 0 Å². The van der Waals surface area contributed by atoms with E-state index in [1.807, 2.05) is 29.2 Å². The lowest BCUT2D eigenvalue weighted by Gasteiger charge is -2.18. The number of benzene rings is 1. The Hall–Kier alpha value is -1.10. The third kappa shape index (κ3) is 2.19. The second-order valence-electron chi connectivity index (χ2n) is 4.31. The lowest BCUT2D eigenvalue weighted by Crippen LogP contribution is -2.22. The molecule has 1 aromatic carbocycles.